The second-order valence-electron chi connectivity index (χ2n) is 6.57. The van der Waals surface area contributed by atoms with Crippen molar-refractivity contribution in [1.29, 1.82) is 0 Å². The van der Waals surface area contributed by atoms with E-state index in [9.17, 15) is 9.59 Å². The SMILES string of the molecule is C=CC(=O)NCc1nn(C)c2c1CN(C(=O)OC(C)(C)C)CC2. The van der Waals surface area contributed by atoms with Crippen LogP contribution in [-0.4, -0.2) is 38.8 Å². The first kappa shape index (κ1) is 17.1. The first-order valence-electron chi connectivity index (χ1n) is 7.63. The van der Waals surface area contributed by atoms with Gasteiger partial charge in [-0.25, -0.2) is 4.79 Å². The Morgan fingerprint density at radius 3 is 2.74 bits per heavy atom. The van der Waals surface area contributed by atoms with Gasteiger partial charge in [-0.05, 0) is 26.8 Å². The molecule has 1 aromatic rings. The number of fused-ring (bicyclic) bond motifs is 1. The third-order valence-corrected chi connectivity index (χ3v) is 3.59. The third-order valence-electron chi connectivity index (χ3n) is 3.59. The quantitative estimate of drug-likeness (QED) is 0.857. The molecule has 23 heavy (non-hydrogen) atoms. The number of nitrogens with one attached hydrogen (secondary N) is 1. The normalized spacial score (nSPS) is 14.2. The van der Waals surface area contributed by atoms with Gasteiger partial charge in [0.2, 0.25) is 5.91 Å². The number of aryl methyl sites for hydroxylation is 1. The van der Waals surface area contributed by atoms with Crippen LogP contribution in [0.25, 0.3) is 0 Å². The molecule has 1 N–H and O–H groups in total. The minimum Gasteiger partial charge on any atom is -0.444 e. The van der Waals surface area contributed by atoms with Crippen molar-refractivity contribution in [2.75, 3.05) is 6.54 Å². The number of hydrogen-bond acceptors (Lipinski definition) is 4. The maximum Gasteiger partial charge on any atom is 0.410 e. The van der Waals surface area contributed by atoms with Crippen LogP contribution >= 0.6 is 0 Å². The van der Waals surface area contributed by atoms with Gasteiger partial charge < -0.3 is 15.0 Å². The minimum atomic E-state index is -0.521. The maximum absolute atomic E-state index is 12.2. The second kappa shape index (κ2) is 6.44. The van der Waals surface area contributed by atoms with Gasteiger partial charge in [-0.2, -0.15) is 5.10 Å². The Labute approximate surface area is 136 Å². The van der Waals surface area contributed by atoms with E-state index in [1.54, 1.807) is 4.90 Å². The summed E-state index contributed by atoms with van der Waals surface area (Å²) in [6.45, 7) is 10.3. The zero-order chi connectivity index (χ0) is 17.2. The Bertz CT molecular complexity index is 628. The van der Waals surface area contributed by atoms with E-state index in [1.807, 2.05) is 32.5 Å². The molecule has 0 saturated heterocycles. The summed E-state index contributed by atoms with van der Waals surface area (Å²) < 4.78 is 7.25. The maximum atomic E-state index is 12.2. The zero-order valence-electron chi connectivity index (χ0n) is 14.2. The average molecular weight is 320 g/mol. The molecule has 0 atom stereocenters. The molecule has 0 radical (unpaired) electrons. The fourth-order valence-electron chi connectivity index (χ4n) is 2.54. The average Bonchev–Trinajstić information content (AvgIpc) is 2.79. The number of rotatable bonds is 3. The molecule has 7 nitrogen and oxygen atoms in total. The molecular formula is C16H24N4O3. The molecule has 1 aliphatic heterocycles. The molecule has 2 rings (SSSR count). The Hall–Kier alpha value is -2.31. The lowest BCUT2D eigenvalue weighted by Crippen LogP contribution is -2.40. The van der Waals surface area contributed by atoms with Gasteiger partial charge in [0.25, 0.3) is 0 Å². The highest BCUT2D eigenvalue weighted by atomic mass is 16.6. The van der Waals surface area contributed by atoms with E-state index in [0.717, 1.165) is 17.0 Å². The third kappa shape index (κ3) is 4.12. The van der Waals surface area contributed by atoms with Gasteiger partial charge in [-0.3, -0.25) is 9.48 Å². The first-order valence-corrected chi connectivity index (χ1v) is 7.63. The molecule has 0 aliphatic carbocycles. The number of hydrogen-bond donors (Lipinski definition) is 1. The highest BCUT2D eigenvalue weighted by Crippen LogP contribution is 2.23. The van der Waals surface area contributed by atoms with Crippen LogP contribution in [0.3, 0.4) is 0 Å². The topological polar surface area (TPSA) is 76.5 Å². The van der Waals surface area contributed by atoms with Crippen LogP contribution in [0.1, 0.15) is 37.7 Å². The van der Waals surface area contributed by atoms with Gasteiger partial charge >= 0.3 is 6.09 Å². The van der Waals surface area contributed by atoms with E-state index >= 15 is 0 Å². The van der Waals surface area contributed by atoms with Crippen molar-refractivity contribution in [1.82, 2.24) is 20.0 Å². The minimum absolute atomic E-state index is 0.246. The molecule has 126 valence electrons. The lowest BCUT2D eigenvalue weighted by Gasteiger charge is -2.30. The van der Waals surface area contributed by atoms with E-state index < -0.39 is 5.60 Å². The van der Waals surface area contributed by atoms with Gasteiger partial charge in [0.05, 0.1) is 18.8 Å². The summed E-state index contributed by atoms with van der Waals surface area (Å²) in [6, 6.07) is 0. The summed E-state index contributed by atoms with van der Waals surface area (Å²) in [5.74, 6) is -0.246. The van der Waals surface area contributed by atoms with E-state index in [0.29, 0.717) is 26.1 Å². The summed E-state index contributed by atoms with van der Waals surface area (Å²) in [4.78, 5) is 25.3. The summed E-state index contributed by atoms with van der Waals surface area (Å²) in [5.41, 5.74) is 2.32. The smallest absolute Gasteiger partial charge is 0.410 e. The molecular weight excluding hydrogens is 296 g/mol. The van der Waals surface area contributed by atoms with Crippen molar-refractivity contribution in [3.63, 3.8) is 0 Å². The fourth-order valence-corrected chi connectivity index (χ4v) is 2.54. The Kier molecular flexibility index (Phi) is 4.77. The van der Waals surface area contributed by atoms with Crippen LogP contribution in [0.2, 0.25) is 0 Å². The summed E-state index contributed by atoms with van der Waals surface area (Å²) in [6.07, 6.45) is 1.61. The molecule has 7 heteroatoms. The number of ether oxygens (including phenoxy) is 1. The van der Waals surface area contributed by atoms with Crippen LogP contribution < -0.4 is 5.32 Å². The van der Waals surface area contributed by atoms with Gasteiger partial charge in [0, 0.05) is 31.3 Å². The van der Waals surface area contributed by atoms with Gasteiger partial charge in [-0.1, -0.05) is 6.58 Å². The van der Waals surface area contributed by atoms with Gasteiger partial charge in [0.15, 0.2) is 0 Å². The van der Waals surface area contributed by atoms with Crippen molar-refractivity contribution in [2.45, 2.75) is 45.9 Å². The van der Waals surface area contributed by atoms with Crippen LogP contribution in [0.4, 0.5) is 4.79 Å². The number of aromatic nitrogens is 2. The molecule has 0 saturated carbocycles. The van der Waals surface area contributed by atoms with Crippen molar-refractivity contribution in [2.24, 2.45) is 7.05 Å². The number of nitrogens with zero attached hydrogens (tertiary/aromatic N) is 3. The van der Waals surface area contributed by atoms with Gasteiger partial charge in [-0.15, -0.1) is 0 Å². The number of carbonyl (C=O) groups is 2. The van der Waals surface area contributed by atoms with E-state index in [1.165, 1.54) is 6.08 Å². The predicted octanol–water partition coefficient (Wildman–Crippen LogP) is 1.52. The zero-order valence-corrected chi connectivity index (χ0v) is 14.2. The van der Waals surface area contributed by atoms with E-state index in [-0.39, 0.29) is 12.0 Å². The van der Waals surface area contributed by atoms with Gasteiger partial charge in [0.1, 0.15) is 5.60 Å². The second-order valence-corrected chi connectivity index (χ2v) is 6.57. The standard InChI is InChI=1S/C16H24N4O3/c1-6-14(21)17-9-12-11-10-20(15(22)23-16(2,3)4)8-7-13(11)19(5)18-12/h6H,1,7-10H2,2-5H3,(H,17,21). The van der Waals surface area contributed by atoms with E-state index in [2.05, 4.69) is 17.0 Å². The fraction of sp³-hybridized carbons (Fsp3) is 0.562. The molecule has 0 aromatic carbocycles. The van der Waals surface area contributed by atoms with Crippen molar-refractivity contribution < 1.29 is 14.3 Å². The lowest BCUT2D eigenvalue weighted by molar-refractivity contribution is -0.116. The lowest BCUT2D eigenvalue weighted by atomic mass is 10.1. The molecule has 1 aromatic heterocycles. The molecule has 1 aliphatic rings. The molecule has 0 bridgehead atoms. The summed E-state index contributed by atoms with van der Waals surface area (Å²) >= 11 is 0. The van der Waals surface area contributed by atoms with Crippen LogP contribution in [0.15, 0.2) is 12.7 Å². The Balaban J connectivity index is 2.13. The van der Waals surface area contributed by atoms with Crippen molar-refractivity contribution >= 4 is 12.0 Å². The largest absolute Gasteiger partial charge is 0.444 e. The summed E-state index contributed by atoms with van der Waals surface area (Å²) in [5, 5.41) is 7.18. The molecule has 2 amide bonds. The number of amides is 2. The number of carbonyl (C=O) groups excluding carboxylic acids is 2. The molecule has 2 heterocycles. The molecule has 0 spiro atoms. The van der Waals surface area contributed by atoms with Crippen LogP contribution in [0.5, 0.6) is 0 Å². The molecule has 0 unspecified atom stereocenters. The molecule has 0 fully saturated rings. The highest BCUT2D eigenvalue weighted by Gasteiger charge is 2.29. The van der Waals surface area contributed by atoms with Crippen LogP contribution in [-0.2, 0) is 36.1 Å². The predicted molar refractivity (Wildman–Crippen MR) is 85.6 cm³/mol. The van der Waals surface area contributed by atoms with Crippen LogP contribution in [0, 0.1) is 0 Å². The van der Waals surface area contributed by atoms with Crippen molar-refractivity contribution in [3.8, 4) is 0 Å². The Morgan fingerprint density at radius 2 is 2.13 bits per heavy atom. The highest BCUT2D eigenvalue weighted by molar-refractivity contribution is 5.86. The van der Waals surface area contributed by atoms with Crippen molar-refractivity contribution in [3.05, 3.63) is 29.6 Å². The summed E-state index contributed by atoms with van der Waals surface area (Å²) in [7, 11) is 1.88. The van der Waals surface area contributed by atoms with E-state index in [4.69, 9.17) is 4.74 Å². The first-order chi connectivity index (χ1) is 10.7. The Morgan fingerprint density at radius 1 is 1.43 bits per heavy atom. The monoisotopic (exact) mass is 320 g/mol.